The molecule has 6 heteroatoms. The van der Waals surface area contributed by atoms with Gasteiger partial charge in [0.05, 0.1) is 19.8 Å². The molecule has 0 radical (unpaired) electrons. The summed E-state index contributed by atoms with van der Waals surface area (Å²) >= 11 is 5.87. The number of rotatable bonds is 4. The molecule has 0 saturated carbocycles. The average molecular weight is 299 g/mol. The number of nitrogens with one attached hydrogen (secondary N) is 1. The summed E-state index contributed by atoms with van der Waals surface area (Å²) in [6.45, 7) is 2.70. The fourth-order valence-electron chi connectivity index (χ4n) is 2.08. The standard InChI is InChI=1S/C14H19ClN2O3/c1-19-8-6-16-14(18)17-7-9-20-13(10-17)11-2-4-12(15)5-3-11/h2-5,13H,6-10H2,1H3,(H,16,18). The van der Waals surface area contributed by atoms with Crippen molar-refractivity contribution in [3.8, 4) is 0 Å². The van der Waals surface area contributed by atoms with E-state index in [1.54, 1.807) is 12.0 Å². The molecule has 1 aromatic carbocycles. The van der Waals surface area contributed by atoms with Gasteiger partial charge >= 0.3 is 6.03 Å². The number of carbonyl (C=O) groups excluding carboxylic acids is 1. The topological polar surface area (TPSA) is 50.8 Å². The quantitative estimate of drug-likeness (QED) is 0.866. The molecule has 0 aliphatic carbocycles. The second-order valence-corrected chi connectivity index (χ2v) is 5.02. The van der Waals surface area contributed by atoms with Crippen LogP contribution in [0.4, 0.5) is 4.79 Å². The Morgan fingerprint density at radius 3 is 2.95 bits per heavy atom. The van der Waals surface area contributed by atoms with Gasteiger partial charge < -0.3 is 19.7 Å². The van der Waals surface area contributed by atoms with Crippen LogP contribution >= 0.6 is 11.6 Å². The lowest BCUT2D eigenvalue weighted by molar-refractivity contribution is -0.0155. The first-order valence-corrected chi connectivity index (χ1v) is 6.97. The Balaban J connectivity index is 1.91. The van der Waals surface area contributed by atoms with Crippen LogP contribution in [-0.2, 0) is 9.47 Å². The van der Waals surface area contributed by atoms with Crippen molar-refractivity contribution in [2.75, 3.05) is 40.0 Å². The van der Waals surface area contributed by atoms with Crippen LogP contribution in [0.25, 0.3) is 0 Å². The summed E-state index contributed by atoms with van der Waals surface area (Å²) in [7, 11) is 1.61. The van der Waals surface area contributed by atoms with Crippen molar-refractivity contribution >= 4 is 17.6 Å². The number of benzene rings is 1. The first kappa shape index (κ1) is 15.1. The van der Waals surface area contributed by atoms with Crippen LogP contribution in [0.15, 0.2) is 24.3 Å². The molecule has 110 valence electrons. The van der Waals surface area contributed by atoms with Crippen LogP contribution in [0, 0.1) is 0 Å². The smallest absolute Gasteiger partial charge is 0.317 e. The summed E-state index contributed by atoms with van der Waals surface area (Å²) in [5.74, 6) is 0. The zero-order valence-electron chi connectivity index (χ0n) is 11.5. The third kappa shape index (κ3) is 4.10. The number of carbonyl (C=O) groups is 1. The van der Waals surface area contributed by atoms with Crippen molar-refractivity contribution in [1.82, 2.24) is 10.2 Å². The number of nitrogens with zero attached hydrogens (tertiary/aromatic N) is 1. The van der Waals surface area contributed by atoms with Crippen LogP contribution in [-0.4, -0.2) is 50.9 Å². The van der Waals surface area contributed by atoms with E-state index in [0.29, 0.717) is 37.9 Å². The van der Waals surface area contributed by atoms with Crippen molar-refractivity contribution in [2.45, 2.75) is 6.10 Å². The van der Waals surface area contributed by atoms with E-state index in [9.17, 15) is 4.79 Å². The molecule has 1 N–H and O–H groups in total. The minimum absolute atomic E-state index is 0.0793. The molecule has 5 nitrogen and oxygen atoms in total. The lowest BCUT2D eigenvalue weighted by Gasteiger charge is -2.33. The molecule has 1 aliphatic rings. The molecule has 1 fully saturated rings. The maximum atomic E-state index is 12.0. The maximum absolute atomic E-state index is 12.0. The van der Waals surface area contributed by atoms with Gasteiger partial charge in [0.25, 0.3) is 0 Å². The van der Waals surface area contributed by atoms with Gasteiger partial charge in [-0.1, -0.05) is 23.7 Å². The van der Waals surface area contributed by atoms with Gasteiger partial charge in [-0.3, -0.25) is 0 Å². The molecular formula is C14H19ClN2O3. The largest absolute Gasteiger partial charge is 0.383 e. The van der Waals surface area contributed by atoms with Crippen LogP contribution in [0.1, 0.15) is 11.7 Å². The molecule has 1 saturated heterocycles. The molecule has 20 heavy (non-hydrogen) atoms. The number of morpholine rings is 1. The highest BCUT2D eigenvalue weighted by molar-refractivity contribution is 6.30. The number of halogens is 1. The molecule has 1 aliphatic heterocycles. The summed E-state index contributed by atoms with van der Waals surface area (Å²) in [4.78, 5) is 13.7. The summed E-state index contributed by atoms with van der Waals surface area (Å²) < 4.78 is 10.6. The predicted octanol–water partition coefficient (Wildman–Crippen LogP) is 2.07. The van der Waals surface area contributed by atoms with E-state index in [1.165, 1.54) is 0 Å². The first-order valence-electron chi connectivity index (χ1n) is 6.59. The van der Waals surface area contributed by atoms with E-state index >= 15 is 0 Å². The van der Waals surface area contributed by atoms with Crippen molar-refractivity contribution in [2.24, 2.45) is 0 Å². The minimum atomic E-state index is -0.103. The number of urea groups is 1. The van der Waals surface area contributed by atoms with E-state index in [2.05, 4.69) is 5.32 Å². The lowest BCUT2D eigenvalue weighted by atomic mass is 10.1. The number of methoxy groups -OCH3 is 1. The summed E-state index contributed by atoms with van der Waals surface area (Å²) in [5, 5.41) is 3.51. The number of amides is 2. The molecule has 0 aromatic heterocycles. The average Bonchev–Trinajstić information content (AvgIpc) is 2.48. The molecule has 2 amide bonds. The van der Waals surface area contributed by atoms with Crippen LogP contribution in [0.5, 0.6) is 0 Å². The van der Waals surface area contributed by atoms with Gasteiger partial charge in [0.2, 0.25) is 0 Å². The van der Waals surface area contributed by atoms with Gasteiger partial charge in [0.1, 0.15) is 6.10 Å². The highest BCUT2D eigenvalue weighted by Crippen LogP contribution is 2.23. The summed E-state index contributed by atoms with van der Waals surface area (Å²) in [5.41, 5.74) is 1.03. The maximum Gasteiger partial charge on any atom is 0.317 e. The highest BCUT2D eigenvalue weighted by atomic mass is 35.5. The Labute approximate surface area is 123 Å². The molecule has 1 aromatic rings. The van der Waals surface area contributed by atoms with Crippen LogP contribution in [0.2, 0.25) is 5.02 Å². The van der Waals surface area contributed by atoms with Gasteiger partial charge in [0, 0.05) is 25.2 Å². The van der Waals surface area contributed by atoms with Gasteiger partial charge in [0.15, 0.2) is 0 Å². The van der Waals surface area contributed by atoms with Crippen LogP contribution < -0.4 is 5.32 Å². The first-order chi connectivity index (χ1) is 9.70. The molecule has 2 rings (SSSR count). The zero-order chi connectivity index (χ0) is 14.4. The van der Waals surface area contributed by atoms with Gasteiger partial charge in [-0.2, -0.15) is 0 Å². The predicted molar refractivity (Wildman–Crippen MR) is 77.0 cm³/mol. The molecule has 0 bridgehead atoms. The summed E-state index contributed by atoms with van der Waals surface area (Å²) in [6, 6.07) is 7.44. The zero-order valence-corrected chi connectivity index (χ0v) is 12.2. The third-order valence-corrected chi connectivity index (χ3v) is 3.43. The Kier molecular flexibility index (Phi) is 5.64. The lowest BCUT2D eigenvalue weighted by Crippen LogP contribution is -2.47. The van der Waals surface area contributed by atoms with E-state index in [0.717, 1.165) is 5.56 Å². The Morgan fingerprint density at radius 2 is 2.25 bits per heavy atom. The van der Waals surface area contributed by atoms with Crippen molar-refractivity contribution < 1.29 is 14.3 Å². The Morgan fingerprint density at radius 1 is 1.50 bits per heavy atom. The Hall–Kier alpha value is -1.30. The van der Waals surface area contributed by atoms with E-state index < -0.39 is 0 Å². The number of ether oxygens (including phenoxy) is 2. The van der Waals surface area contributed by atoms with Crippen molar-refractivity contribution in [1.29, 1.82) is 0 Å². The van der Waals surface area contributed by atoms with E-state index in [-0.39, 0.29) is 12.1 Å². The SMILES string of the molecule is COCCNC(=O)N1CCOC(c2ccc(Cl)cc2)C1. The molecule has 0 spiro atoms. The summed E-state index contributed by atoms with van der Waals surface area (Å²) in [6.07, 6.45) is -0.103. The Bertz CT molecular complexity index is 439. The van der Waals surface area contributed by atoms with Gasteiger partial charge in [-0.25, -0.2) is 4.79 Å². The monoisotopic (exact) mass is 298 g/mol. The number of hydrogen-bond acceptors (Lipinski definition) is 3. The third-order valence-electron chi connectivity index (χ3n) is 3.18. The van der Waals surface area contributed by atoms with Gasteiger partial charge in [-0.15, -0.1) is 0 Å². The van der Waals surface area contributed by atoms with Gasteiger partial charge in [-0.05, 0) is 17.7 Å². The molecule has 1 atom stereocenters. The minimum Gasteiger partial charge on any atom is -0.383 e. The molecule has 1 heterocycles. The second-order valence-electron chi connectivity index (χ2n) is 4.58. The van der Waals surface area contributed by atoms with Crippen molar-refractivity contribution in [3.05, 3.63) is 34.9 Å². The molecule has 1 unspecified atom stereocenters. The fraction of sp³-hybridized carbons (Fsp3) is 0.500. The number of hydrogen-bond donors (Lipinski definition) is 1. The van der Waals surface area contributed by atoms with E-state index in [4.69, 9.17) is 21.1 Å². The highest BCUT2D eigenvalue weighted by Gasteiger charge is 2.25. The van der Waals surface area contributed by atoms with Crippen molar-refractivity contribution in [3.63, 3.8) is 0 Å². The van der Waals surface area contributed by atoms with Crippen LogP contribution in [0.3, 0.4) is 0 Å². The molecular weight excluding hydrogens is 280 g/mol. The van der Waals surface area contributed by atoms with E-state index in [1.807, 2.05) is 24.3 Å². The fourth-order valence-corrected chi connectivity index (χ4v) is 2.21. The second kappa shape index (κ2) is 7.47. The normalized spacial score (nSPS) is 18.9.